The van der Waals surface area contributed by atoms with Gasteiger partial charge in [-0.15, -0.1) is 20.4 Å². The average molecular weight is 333 g/mol. The Balaban J connectivity index is 1.67. The Bertz CT molecular complexity index is 735. The van der Waals surface area contributed by atoms with Crippen molar-refractivity contribution in [1.82, 2.24) is 25.0 Å². The van der Waals surface area contributed by atoms with Gasteiger partial charge in [0.1, 0.15) is 12.1 Å². The zero-order valence-electron chi connectivity index (χ0n) is 13.3. The van der Waals surface area contributed by atoms with Crippen LogP contribution in [0, 0.1) is 5.92 Å². The summed E-state index contributed by atoms with van der Waals surface area (Å²) in [6.45, 7) is 6.86. The topological polar surface area (TPSA) is 82.8 Å². The Morgan fingerprint density at radius 2 is 2.09 bits per heavy atom. The van der Waals surface area contributed by atoms with Crippen LogP contribution in [0.3, 0.4) is 0 Å². The van der Waals surface area contributed by atoms with E-state index in [0.29, 0.717) is 24.2 Å². The highest BCUT2D eigenvalue weighted by Gasteiger charge is 2.19. The Hall–Kier alpha value is -2.09. The van der Waals surface area contributed by atoms with Crippen LogP contribution < -0.4 is 0 Å². The summed E-state index contributed by atoms with van der Waals surface area (Å²) in [6.07, 6.45) is 4.14. The second-order valence-corrected chi connectivity index (χ2v) is 7.02. The molecule has 3 aromatic heterocycles. The van der Waals surface area contributed by atoms with Crippen molar-refractivity contribution in [1.29, 1.82) is 0 Å². The monoisotopic (exact) mass is 333 g/mol. The normalized spacial score (nSPS) is 12.9. The Labute approximate surface area is 138 Å². The lowest BCUT2D eigenvalue weighted by Crippen LogP contribution is -2.00. The minimum atomic E-state index is 0.00274. The van der Waals surface area contributed by atoms with Gasteiger partial charge < -0.3 is 13.4 Å². The van der Waals surface area contributed by atoms with Gasteiger partial charge in [0.25, 0.3) is 0 Å². The molecule has 0 aliphatic rings. The fourth-order valence-corrected chi connectivity index (χ4v) is 2.94. The molecule has 0 saturated heterocycles. The van der Waals surface area contributed by atoms with Gasteiger partial charge >= 0.3 is 0 Å². The molecule has 0 saturated carbocycles. The third-order valence-corrected chi connectivity index (χ3v) is 4.26. The van der Waals surface area contributed by atoms with Crippen molar-refractivity contribution in [2.75, 3.05) is 0 Å². The molecule has 3 aromatic rings. The van der Waals surface area contributed by atoms with Crippen molar-refractivity contribution in [2.45, 2.75) is 44.1 Å². The highest BCUT2D eigenvalue weighted by molar-refractivity contribution is 7.99. The molecule has 7 nitrogen and oxygen atoms in total. The van der Waals surface area contributed by atoms with Gasteiger partial charge in [-0.05, 0) is 25.0 Å². The van der Waals surface area contributed by atoms with Crippen LogP contribution in [-0.2, 0) is 13.0 Å². The predicted octanol–water partition coefficient (Wildman–Crippen LogP) is 3.35. The molecule has 0 bridgehead atoms. The molecule has 23 heavy (non-hydrogen) atoms. The smallest absolute Gasteiger partial charge is 0.229 e. The summed E-state index contributed by atoms with van der Waals surface area (Å²) in [5.41, 5.74) is 0. The van der Waals surface area contributed by atoms with Crippen molar-refractivity contribution in [3.8, 4) is 0 Å². The molecule has 3 heterocycles. The number of furan rings is 1. The summed E-state index contributed by atoms with van der Waals surface area (Å²) in [5.74, 6) is 2.64. The van der Waals surface area contributed by atoms with E-state index in [2.05, 4.69) is 34.2 Å². The summed E-state index contributed by atoms with van der Waals surface area (Å²) in [6, 6.07) is 3.79. The minimum absolute atomic E-state index is 0.00274. The third-order valence-electron chi connectivity index (χ3n) is 3.18. The van der Waals surface area contributed by atoms with Gasteiger partial charge in [0.2, 0.25) is 11.8 Å². The van der Waals surface area contributed by atoms with Crippen LogP contribution >= 0.6 is 11.8 Å². The summed E-state index contributed by atoms with van der Waals surface area (Å²) in [5, 5.41) is 17.2. The lowest BCUT2D eigenvalue weighted by atomic mass is 10.1. The maximum Gasteiger partial charge on any atom is 0.229 e. The molecule has 0 aromatic carbocycles. The predicted molar refractivity (Wildman–Crippen MR) is 84.9 cm³/mol. The molecule has 0 radical (unpaired) electrons. The number of hydrogen-bond donors (Lipinski definition) is 0. The summed E-state index contributed by atoms with van der Waals surface area (Å²) in [7, 11) is 0. The molecule has 0 amide bonds. The first kappa shape index (κ1) is 15.8. The largest absolute Gasteiger partial charge is 0.467 e. The van der Waals surface area contributed by atoms with Crippen LogP contribution in [0.5, 0.6) is 0 Å². The first-order chi connectivity index (χ1) is 11.1. The second kappa shape index (κ2) is 6.99. The summed E-state index contributed by atoms with van der Waals surface area (Å²) >= 11 is 1.54. The van der Waals surface area contributed by atoms with Crippen LogP contribution in [0.15, 0.2) is 38.7 Å². The average Bonchev–Trinajstić information content (AvgIpc) is 3.22. The van der Waals surface area contributed by atoms with Crippen molar-refractivity contribution < 1.29 is 8.83 Å². The first-order valence-electron chi connectivity index (χ1n) is 7.51. The van der Waals surface area contributed by atoms with E-state index in [1.165, 1.54) is 11.8 Å². The highest BCUT2D eigenvalue weighted by Crippen LogP contribution is 2.33. The Kier molecular flexibility index (Phi) is 4.80. The van der Waals surface area contributed by atoms with E-state index in [-0.39, 0.29) is 5.25 Å². The van der Waals surface area contributed by atoms with Crippen LogP contribution in [-0.4, -0.2) is 25.0 Å². The number of aromatic nitrogens is 5. The maximum atomic E-state index is 5.73. The zero-order valence-corrected chi connectivity index (χ0v) is 14.2. The van der Waals surface area contributed by atoms with Gasteiger partial charge in [-0.2, -0.15) is 0 Å². The molecule has 0 aliphatic heterocycles. The van der Waals surface area contributed by atoms with Crippen LogP contribution in [0.4, 0.5) is 0 Å². The van der Waals surface area contributed by atoms with E-state index in [1.54, 1.807) is 12.6 Å². The molecule has 3 rings (SSSR count). The zero-order chi connectivity index (χ0) is 16.2. The van der Waals surface area contributed by atoms with E-state index in [1.807, 2.05) is 23.6 Å². The Morgan fingerprint density at radius 1 is 1.22 bits per heavy atom. The molecular weight excluding hydrogens is 314 g/mol. The SMILES string of the molecule is CC(C)Cc1nnc([C@@H](C)Sc2nncn2Cc2ccco2)o1. The number of nitrogens with zero attached hydrogens (tertiary/aromatic N) is 5. The molecule has 0 unspecified atom stereocenters. The lowest BCUT2D eigenvalue weighted by molar-refractivity contribution is 0.426. The molecule has 122 valence electrons. The van der Waals surface area contributed by atoms with E-state index in [9.17, 15) is 0 Å². The van der Waals surface area contributed by atoms with Gasteiger partial charge in [0.05, 0.1) is 18.1 Å². The van der Waals surface area contributed by atoms with E-state index in [0.717, 1.165) is 17.3 Å². The number of rotatable bonds is 7. The molecule has 0 fully saturated rings. The first-order valence-corrected chi connectivity index (χ1v) is 8.39. The molecular formula is C15H19N5O2S. The van der Waals surface area contributed by atoms with E-state index >= 15 is 0 Å². The molecule has 0 spiro atoms. The van der Waals surface area contributed by atoms with Gasteiger partial charge in [-0.1, -0.05) is 25.6 Å². The lowest BCUT2D eigenvalue weighted by Gasteiger charge is -2.07. The van der Waals surface area contributed by atoms with Gasteiger partial charge in [0.15, 0.2) is 5.16 Å². The molecule has 0 N–H and O–H groups in total. The maximum absolute atomic E-state index is 5.73. The quantitative estimate of drug-likeness (QED) is 0.613. The van der Waals surface area contributed by atoms with Crippen molar-refractivity contribution in [3.63, 3.8) is 0 Å². The standard InChI is InChI=1S/C15H19N5O2S/c1-10(2)7-13-17-18-14(22-13)11(3)23-15-19-16-9-20(15)8-12-5-4-6-21-12/h4-6,9-11H,7-8H2,1-3H3/t11-/m1/s1. The third kappa shape index (κ3) is 4.01. The number of hydrogen-bond acceptors (Lipinski definition) is 7. The van der Waals surface area contributed by atoms with Crippen molar-refractivity contribution in [2.24, 2.45) is 5.92 Å². The second-order valence-electron chi connectivity index (χ2n) is 5.71. The fourth-order valence-electron chi connectivity index (χ4n) is 2.09. The van der Waals surface area contributed by atoms with Gasteiger partial charge in [0, 0.05) is 6.42 Å². The van der Waals surface area contributed by atoms with Crippen molar-refractivity contribution in [3.05, 3.63) is 42.3 Å². The van der Waals surface area contributed by atoms with Crippen molar-refractivity contribution >= 4 is 11.8 Å². The van der Waals surface area contributed by atoms with Crippen LogP contribution in [0.1, 0.15) is 43.6 Å². The summed E-state index contributed by atoms with van der Waals surface area (Å²) in [4.78, 5) is 0. The fraction of sp³-hybridized carbons (Fsp3) is 0.467. The molecule has 0 aliphatic carbocycles. The van der Waals surface area contributed by atoms with Crippen LogP contribution in [0.2, 0.25) is 0 Å². The van der Waals surface area contributed by atoms with E-state index in [4.69, 9.17) is 8.83 Å². The highest BCUT2D eigenvalue weighted by atomic mass is 32.2. The Morgan fingerprint density at radius 3 is 2.83 bits per heavy atom. The van der Waals surface area contributed by atoms with Crippen LogP contribution in [0.25, 0.3) is 0 Å². The van der Waals surface area contributed by atoms with Gasteiger partial charge in [-0.25, -0.2) is 0 Å². The minimum Gasteiger partial charge on any atom is -0.467 e. The molecule has 8 heteroatoms. The molecule has 1 atom stereocenters. The van der Waals surface area contributed by atoms with Gasteiger partial charge in [-0.3, -0.25) is 0 Å². The van der Waals surface area contributed by atoms with E-state index < -0.39 is 0 Å². The number of thioether (sulfide) groups is 1. The summed E-state index contributed by atoms with van der Waals surface area (Å²) < 4.78 is 13.0.